The summed E-state index contributed by atoms with van der Waals surface area (Å²) in [6.07, 6.45) is 1.51. The number of H-pyrrole nitrogens is 1. The molecular weight excluding hydrogens is 250 g/mol. The van der Waals surface area contributed by atoms with E-state index in [1.54, 1.807) is 13.8 Å². The lowest BCUT2D eigenvalue weighted by atomic mass is 10.2. The SMILES string of the molecule is CCOC(=O)c1c(NC(=O)CNC(C)=O)c[nH]c1C. The van der Waals surface area contributed by atoms with Gasteiger partial charge in [0.2, 0.25) is 11.8 Å². The molecular formula is C12H17N3O4. The van der Waals surface area contributed by atoms with Gasteiger partial charge >= 0.3 is 5.97 Å². The molecule has 1 aromatic rings. The average Bonchev–Trinajstić information content (AvgIpc) is 2.68. The molecule has 0 bridgehead atoms. The average molecular weight is 267 g/mol. The lowest BCUT2D eigenvalue weighted by molar-refractivity contribution is -0.122. The molecule has 0 aliphatic heterocycles. The van der Waals surface area contributed by atoms with E-state index in [1.165, 1.54) is 13.1 Å². The first-order valence-electron chi connectivity index (χ1n) is 5.85. The van der Waals surface area contributed by atoms with Crippen LogP contribution < -0.4 is 10.6 Å². The minimum Gasteiger partial charge on any atom is -0.462 e. The number of carbonyl (C=O) groups excluding carboxylic acids is 3. The zero-order valence-corrected chi connectivity index (χ0v) is 11.1. The molecule has 7 heteroatoms. The van der Waals surface area contributed by atoms with E-state index in [4.69, 9.17) is 4.74 Å². The predicted octanol–water partition coefficient (Wildman–Crippen LogP) is 0.574. The van der Waals surface area contributed by atoms with E-state index in [9.17, 15) is 14.4 Å². The Hall–Kier alpha value is -2.31. The van der Waals surface area contributed by atoms with E-state index in [0.717, 1.165) is 0 Å². The second-order valence-electron chi connectivity index (χ2n) is 3.88. The van der Waals surface area contributed by atoms with Crippen molar-refractivity contribution in [2.24, 2.45) is 0 Å². The van der Waals surface area contributed by atoms with Crippen LogP contribution in [0.2, 0.25) is 0 Å². The zero-order valence-electron chi connectivity index (χ0n) is 11.1. The summed E-state index contributed by atoms with van der Waals surface area (Å²) >= 11 is 0. The van der Waals surface area contributed by atoms with Crippen LogP contribution in [-0.2, 0) is 14.3 Å². The van der Waals surface area contributed by atoms with Crippen molar-refractivity contribution in [2.45, 2.75) is 20.8 Å². The Morgan fingerprint density at radius 2 is 2.05 bits per heavy atom. The molecule has 7 nitrogen and oxygen atoms in total. The Labute approximate surface area is 110 Å². The number of hydrogen-bond donors (Lipinski definition) is 3. The zero-order chi connectivity index (χ0) is 14.4. The molecule has 0 unspecified atom stereocenters. The first kappa shape index (κ1) is 14.7. The van der Waals surface area contributed by atoms with E-state index in [2.05, 4.69) is 15.6 Å². The van der Waals surface area contributed by atoms with Crippen molar-refractivity contribution in [3.63, 3.8) is 0 Å². The number of rotatable bonds is 5. The van der Waals surface area contributed by atoms with Gasteiger partial charge in [0.05, 0.1) is 18.8 Å². The van der Waals surface area contributed by atoms with Crippen LogP contribution in [0.1, 0.15) is 29.9 Å². The van der Waals surface area contributed by atoms with Crippen molar-refractivity contribution in [1.82, 2.24) is 10.3 Å². The maximum absolute atomic E-state index is 11.7. The molecule has 3 N–H and O–H groups in total. The summed E-state index contributed by atoms with van der Waals surface area (Å²) in [6, 6.07) is 0. The van der Waals surface area contributed by atoms with Gasteiger partial charge in [0.15, 0.2) is 0 Å². The highest BCUT2D eigenvalue weighted by Crippen LogP contribution is 2.20. The third-order valence-electron chi connectivity index (χ3n) is 2.33. The number of hydrogen-bond acceptors (Lipinski definition) is 4. The molecule has 0 aromatic carbocycles. The Morgan fingerprint density at radius 3 is 2.63 bits per heavy atom. The lowest BCUT2D eigenvalue weighted by Crippen LogP contribution is -2.31. The predicted molar refractivity (Wildman–Crippen MR) is 68.8 cm³/mol. The van der Waals surface area contributed by atoms with Crippen LogP contribution >= 0.6 is 0 Å². The number of carbonyl (C=O) groups is 3. The van der Waals surface area contributed by atoms with Crippen LogP contribution in [0, 0.1) is 6.92 Å². The van der Waals surface area contributed by atoms with Crippen molar-refractivity contribution in [2.75, 3.05) is 18.5 Å². The topological polar surface area (TPSA) is 100 Å². The first-order chi connectivity index (χ1) is 8.95. The lowest BCUT2D eigenvalue weighted by Gasteiger charge is -2.07. The van der Waals surface area contributed by atoms with Crippen LogP contribution in [0.4, 0.5) is 5.69 Å². The van der Waals surface area contributed by atoms with E-state index >= 15 is 0 Å². The fourth-order valence-corrected chi connectivity index (χ4v) is 1.49. The second-order valence-corrected chi connectivity index (χ2v) is 3.88. The van der Waals surface area contributed by atoms with Crippen LogP contribution in [0.25, 0.3) is 0 Å². The molecule has 2 amide bonds. The Bertz CT molecular complexity index is 493. The number of esters is 1. The molecule has 0 atom stereocenters. The third kappa shape index (κ3) is 4.13. The highest BCUT2D eigenvalue weighted by Gasteiger charge is 2.18. The molecule has 0 saturated carbocycles. The number of nitrogens with one attached hydrogen (secondary N) is 3. The van der Waals surface area contributed by atoms with Crippen LogP contribution in [-0.4, -0.2) is 35.9 Å². The molecule has 19 heavy (non-hydrogen) atoms. The molecule has 0 spiro atoms. The number of aryl methyl sites for hydroxylation is 1. The normalized spacial score (nSPS) is 9.84. The van der Waals surface area contributed by atoms with Gasteiger partial charge in [0, 0.05) is 18.8 Å². The molecule has 1 heterocycles. The molecule has 1 rings (SSSR count). The number of anilines is 1. The van der Waals surface area contributed by atoms with Crippen molar-refractivity contribution >= 4 is 23.5 Å². The number of amides is 2. The summed E-state index contributed by atoms with van der Waals surface area (Å²) in [5.74, 6) is -1.22. The van der Waals surface area contributed by atoms with Gasteiger partial charge in [0.25, 0.3) is 0 Å². The summed E-state index contributed by atoms with van der Waals surface area (Å²) in [6.45, 7) is 4.83. The maximum Gasteiger partial charge on any atom is 0.342 e. The van der Waals surface area contributed by atoms with Gasteiger partial charge < -0.3 is 20.4 Å². The van der Waals surface area contributed by atoms with Gasteiger partial charge in [-0.25, -0.2) is 4.79 Å². The summed E-state index contributed by atoms with van der Waals surface area (Å²) < 4.78 is 4.91. The fraction of sp³-hybridized carbons (Fsp3) is 0.417. The van der Waals surface area contributed by atoms with Gasteiger partial charge in [-0.1, -0.05) is 0 Å². The van der Waals surface area contributed by atoms with Crippen molar-refractivity contribution in [1.29, 1.82) is 0 Å². The summed E-state index contributed by atoms with van der Waals surface area (Å²) in [7, 11) is 0. The summed E-state index contributed by atoms with van der Waals surface area (Å²) in [4.78, 5) is 36.8. The molecule has 104 valence electrons. The maximum atomic E-state index is 11.7. The first-order valence-corrected chi connectivity index (χ1v) is 5.85. The van der Waals surface area contributed by atoms with Crippen molar-refractivity contribution < 1.29 is 19.1 Å². The molecule has 1 aromatic heterocycles. The minimum atomic E-state index is -0.504. The molecule has 0 fully saturated rings. The Morgan fingerprint density at radius 1 is 1.37 bits per heavy atom. The fourth-order valence-electron chi connectivity index (χ4n) is 1.49. The Balaban J connectivity index is 2.76. The van der Waals surface area contributed by atoms with Gasteiger partial charge in [-0.2, -0.15) is 0 Å². The van der Waals surface area contributed by atoms with Crippen LogP contribution in [0.3, 0.4) is 0 Å². The summed E-state index contributed by atoms with van der Waals surface area (Å²) in [5, 5.41) is 4.91. The smallest absolute Gasteiger partial charge is 0.342 e. The van der Waals surface area contributed by atoms with Crippen molar-refractivity contribution in [3.8, 4) is 0 Å². The van der Waals surface area contributed by atoms with Crippen LogP contribution in [0.15, 0.2) is 6.20 Å². The number of aromatic nitrogens is 1. The molecule has 0 saturated heterocycles. The highest BCUT2D eigenvalue weighted by atomic mass is 16.5. The minimum absolute atomic E-state index is 0.151. The quantitative estimate of drug-likeness (QED) is 0.679. The van der Waals surface area contributed by atoms with Gasteiger partial charge in [-0.05, 0) is 13.8 Å². The van der Waals surface area contributed by atoms with Gasteiger partial charge in [0.1, 0.15) is 5.56 Å². The molecule has 0 aliphatic rings. The van der Waals surface area contributed by atoms with E-state index < -0.39 is 11.9 Å². The van der Waals surface area contributed by atoms with Crippen molar-refractivity contribution in [3.05, 3.63) is 17.5 Å². The molecule has 0 aliphatic carbocycles. The Kier molecular flexibility index (Phi) is 5.11. The molecule has 0 radical (unpaired) electrons. The van der Waals surface area contributed by atoms with E-state index in [0.29, 0.717) is 11.4 Å². The van der Waals surface area contributed by atoms with Gasteiger partial charge in [-0.3, -0.25) is 9.59 Å². The third-order valence-corrected chi connectivity index (χ3v) is 2.33. The van der Waals surface area contributed by atoms with E-state index in [-0.39, 0.29) is 24.6 Å². The number of ether oxygens (including phenoxy) is 1. The second kappa shape index (κ2) is 6.58. The number of aromatic amines is 1. The summed E-state index contributed by atoms with van der Waals surface area (Å²) in [5.41, 5.74) is 1.23. The van der Waals surface area contributed by atoms with E-state index in [1.807, 2.05) is 0 Å². The monoisotopic (exact) mass is 267 g/mol. The van der Waals surface area contributed by atoms with Gasteiger partial charge in [-0.15, -0.1) is 0 Å². The largest absolute Gasteiger partial charge is 0.462 e. The standard InChI is InChI=1S/C12H17N3O4/c1-4-19-12(18)11-7(2)13-5-9(11)15-10(17)6-14-8(3)16/h5,13H,4,6H2,1-3H3,(H,14,16)(H,15,17). The van der Waals surface area contributed by atoms with Crippen LogP contribution in [0.5, 0.6) is 0 Å². The highest BCUT2D eigenvalue weighted by molar-refractivity contribution is 6.03.